The van der Waals surface area contributed by atoms with Gasteiger partial charge < -0.3 is 9.47 Å². The molecule has 0 saturated heterocycles. The van der Waals surface area contributed by atoms with E-state index in [9.17, 15) is 4.39 Å². The lowest BCUT2D eigenvalue weighted by Gasteiger charge is -2.10. The van der Waals surface area contributed by atoms with E-state index in [1.54, 1.807) is 12.1 Å². The molecule has 24 heavy (non-hydrogen) atoms. The van der Waals surface area contributed by atoms with Crippen LogP contribution in [0, 0.1) is 11.7 Å². The second-order valence-electron chi connectivity index (χ2n) is 6.52. The summed E-state index contributed by atoms with van der Waals surface area (Å²) in [6.45, 7) is 0.769. The van der Waals surface area contributed by atoms with Crippen LogP contribution >= 0.6 is 0 Å². The summed E-state index contributed by atoms with van der Waals surface area (Å²) in [7, 11) is 0. The van der Waals surface area contributed by atoms with E-state index < -0.39 is 0 Å². The molecule has 2 aromatic carbocycles. The molecule has 0 aliphatic heterocycles. The third-order valence-corrected chi connectivity index (χ3v) is 4.62. The van der Waals surface area contributed by atoms with E-state index in [0.717, 1.165) is 30.4 Å². The number of ether oxygens (including phenoxy) is 2. The van der Waals surface area contributed by atoms with Crippen molar-refractivity contribution in [1.82, 2.24) is 0 Å². The lowest BCUT2D eigenvalue weighted by Crippen LogP contribution is -1.99. The van der Waals surface area contributed by atoms with Crippen LogP contribution in [-0.4, -0.2) is 6.61 Å². The molecule has 0 radical (unpaired) electrons. The lowest BCUT2D eigenvalue weighted by atomic mass is 10.0. The van der Waals surface area contributed by atoms with E-state index in [1.165, 1.54) is 50.7 Å². The Morgan fingerprint density at radius 1 is 0.792 bits per heavy atom. The van der Waals surface area contributed by atoms with Gasteiger partial charge in [-0.3, -0.25) is 0 Å². The predicted molar refractivity (Wildman–Crippen MR) is 94.2 cm³/mol. The van der Waals surface area contributed by atoms with E-state index >= 15 is 0 Å². The minimum atomic E-state index is -0.265. The highest BCUT2D eigenvalue weighted by Gasteiger charge is 2.13. The first-order chi connectivity index (χ1) is 11.8. The van der Waals surface area contributed by atoms with Crippen LogP contribution in [0.3, 0.4) is 0 Å². The number of unbranched alkanes of at least 4 members (excludes halogenated alkanes) is 1. The van der Waals surface area contributed by atoms with Gasteiger partial charge in [-0.05, 0) is 67.3 Å². The van der Waals surface area contributed by atoms with Crippen LogP contribution < -0.4 is 9.47 Å². The highest BCUT2D eigenvalue weighted by atomic mass is 19.1. The van der Waals surface area contributed by atoms with Crippen LogP contribution in [0.1, 0.15) is 44.9 Å². The number of rotatable bonds is 8. The standard InChI is InChI=1S/C21H25FO2/c22-18-8-10-20(11-9-18)24-21-14-12-19(13-15-21)23-16-4-3-7-17-5-1-2-6-17/h8-15,17H,1-7,16H2. The van der Waals surface area contributed by atoms with Gasteiger partial charge in [0.1, 0.15) is 23.1 Å². The Hall–Kier alpha value is -2.03. The molecule has 128 valence electrons. The normalized spacial score (nSPS) is 14.7. The first kappa shape index (κ1) is 16.8. The second-order valence-corrected chi connectivity index (χ2v) is 6.52. The molecular weight excluding hydrogens is 303 g/mol. The van der Waals surface area contributed by atoms with E-state index in [-0.39, 0.29) is 5.82 Å². The van der Waals surface area contributed by atoms with Gasteiger partial charge in [0.2, 0.25) is 0 Å². The molecule has 0 aromatic heterocycles. The van der Waals surface area contributed by atoms with Crippen molar-refractivity contribution in [3.63, 3.8) is 0 Å². The van der Waals surface area contributed by atoms with E-state index in [0.29, 0.717) is 5.75 Å². The number of hydrogen-bond donors (Lipinski definition) is 0. The van der Waals surface area contributed by atoms with Gasteiger partial charge in [-0.1, -0.05) is 32.1 Å². The molecule has 1 aliphatic rings. The maximum absolute atomic E-state index is 12.9. The van der Waals surface area contributed by atoms with E-state index in [4.69, 9.17) is 9.47 Å². The minimum Gasteiger partial charge on any atom is -0.494 e. The molecule has 2 aromatic rings. The molecule has 2 nitrogen and oxygen atoms in total. The molecule has 0 heterocycles. The van der Waals surface area contributed by atoms with Crippen LogP contribution in [0.25, 0.3) is 0 Å². The summed E-state index contributed by atoms with van der Waals surface area (Å²) in [6.07, 6.45) is 9.43. The molecule has 0 unspecified atom stereocenters. The first-order valence-corrected chi connectivity index (χ1v) is 8.96. The zero-order chi connectivity index (χ0) is 16.6. The van der Waals surface area contributed by atoms with Crippen molar-refractivity contribution in [1.29, 1.82) is 0 Å². The maximum Gasteiger partial charge on any atom is 0.127 e. The maximum atomic E-state index is 12.9. The Balaban J connectivity index is 1.37. The summed E-state index contributed by atoms with van der Waals surface area (Å²) in [4.78, 5) is 0. The summed E-state index contributed by atoms with van der Waals surface area (Å²) < 4.78 is 24.3. The van der Waals surface area contributed by atoms with Crippen molar-refractivity contribution >= 4 is 0 Å². The Morgan fingerprint density at radius 2 is 1.38 bits per heavy atom. The van der Waals surface area contributed by atoms with Crippen molar-refractivity contribution in [2.45, 2.75) is 44.9 Å². The van der Waals surface area contributed by atoms with Gasteiger partial charge in [0.05, 0.1) is 6.61 Å². The van der Waals surface area contributed by atoms with Crippen LogP contribution in [0.2, 0.25) is 0 Å². The molecule has 1 saturated carbocycles. The molecular formula is C21H25FO2. The Labute approximate surface area is 143 Å². The topological polar surface area (TPSA) is 18.5 Å². The number of halogens is 1. The average molecular weight is 328 g/mol. The second kappa shape index (κ2) is 8.72. The van der Waals surface area contributed by atoms with Gasteiger partial charge in [-0.15, -0.1) is 0 Å². The monoisotopic (exact) mass is 328 g/mol. The smallest absolute Gasteiger partial charge is 0.127 e. The zero-order valence-electron chi connectivity index (χ0n) is 14.0. The average Bonchev–Trinajstić information content (AvgIpc) is 3.12. The molecule has 1 aliphatic carbocycles. The molecule has 0 N–H and O–H groups in total. The molecule has 0 spiro atoms. The Morgan fingerprint density at radius 3 is 2.04 bits per heavy atom. The molecule has 3 heteroatoms. The van der Waals surface area contributed by atoms with Gasteiger partial charge in [0.15, 0.2) is 0 Å². The first-order valence-electron chi connectivity index (χ1n) is 8.96. The lowest BCUT2D eigenvalue weighted by molar-refractivity contribution is 0.299. The summed E-state index contributed by atoms with van der Waals surface area (Å²) in [6, 6.07) is 13.6. The summed E-state index contributed by atoms with van der Waals surface area (Å²) in [5.41, 5.74) is 0. The molecule has 0 amide bonds. The van der Waals surface area contributed by atoms with Gasteiger partial charge in [0, 0.05) is 0 Å². The number of hydrogen-bond acceptors (Lipinski definition) is 2. The van der Waals surface area contributed by atoms with Crippen LogP contribution in [0.5, 0.6) is 17.2 Å². The van der Waals surface area contributed by atoms with Crippen molar-refractivity contribution in [2.75, 3.05) is 6.61 Å². The fourth-order valence-corrected chi connectivity index (χ4v) is 3.27. The Bertz CT molecular complexity index is 601. The van der Waals surface area contributed by atoms with E-state index in [2.05, 4.69) is 0 Å². The van der Waals surface area contributed by atoms with Crippen molar-refractivity contribution < 1.29 is 13.9 Å². The van der Waals surface area contributed by atoms with Gasteiger partial charge in [-0.25, -0.2) is 4.39 Å². The van der Waals surface area contributed by atoms with Crippen LogP contribution in [-0.2, 0) is 0 Å². The van der Waals surface area contributed by atoms with Gasteiger partial charge in [0.25, 0.3) is 0 Å². The van der Waals surface area contributed by atoms with Gasteiger partial charge in [-0.2, -0.15) is 0 Å². The highest BCUT2D eigenvalue weighted by molar-refractivity contribution is 5.35. The van der Waals surface area contributed by atoms with Crippen molar-refractivity contribution in [3.05, 3.63) is 54.3 Å². The summed E-state index contributed by atoms with van der Waals surface area (Å²) >= 11 is 0. The molecule has 1 fully saturated rings. The van der Waals surface area contributed by atoms with Crippen molar-refractivity contribution in [3.8, 4) is 17.2 Å². The fraction of sp³-hybridized carbons (Fsp3) is 0.429. The number of benzene rings is 2. The molecule has 0 atom stereocenters. The van der Waals surface area contributed by atoms with Crippen LogP contribution in [0.4, 0.5) is 4.39 Å². The van der Waals surface area contributed by atoms with Gasteiger partial charge >= 0.3 is 0 Å². The Kier molecular flexibility index (Phi) is 6.11. The minimum absolute atomic E-state index is 0.265. The quantitative estimate of drug-likeness (QED) is 0.525. The molecule has 3 rings (SSSR count). The third-order valence-electron chi connectivity index (χ3n) is 4.62. The van der Waals surface area contributed by atoms with Crippen molar-refractivity contribution in [2.24, 2.45) is 5.92 Å². The molecule has 0 bridgehead atoms. The van der Waals surface area contributed by atoms with E-state index in [1.807, 2.05) is 24.3 Å². The predicted octanol–water partition coefficient (Wildman–Crippen LogP) is 6.36. The summed E-state index contributed by atoms with van der Waals surface area (Å²) in [5.74, 6) is 2.90. The largest absolute Gasteiger partial charge is 0.494 e. The van der Waals surface area contributed by atoms with Crippen LogP contribution in [0.15, 0.2) is 48.5 Å². The SMILES string of the molecule is Fc1ccc(Oc2ccc(OCCCCC3CCCC3)cc2)cc1. The third kappa shape index (κ3) is 5.26. The highest BCUT2D eigenvalue weighted by Crippen LogP contribution is 2.29. The summed E-state index contributed by atoms with van der Waals surface area (Å²) in [5, 5.41) is 0. The zero-order valence-corrected chi connectivity index (χ0v) is 14.0. The fourth-order valence-electron chi connectivity index (χ4n) is 3.27.